The van der Waals surface area contributed by atoms with Crippen molar-refractivity contribution in [3.8, 4) is 11.5 Å². The molecule has 2 atom stereocenters. The number of fused-ring (bicyclic) bond motifs is 4. The van der Waals surface area contributed by atoms with E-state index in [1.165, 1.54) is 11.1 Å². The lowest BCUT2D eigenvalue weighted by Gasteiger charge is -2.39. The van der Waals surface area contributed by atoms with Crippen LogP contribution in [0.1, 0.15) is 23.7 Å². The Morgan fingerprint density at radius 2 is 2.19 bits per heavy atom. The molecule has 4 heteroatoms. The van der Waals surface area contributed by atoms with E-state index in [0.29, 0.717) is 5.02 Å². The average molecular weight is 302 g/mol. The highest BCUT2D eigenvalue weighted by Gasteiger charge is 2.36. The minimum atomic E-state index is 0.00653. The van der Waals surface area contributed by atoms with Gasteiger partial charge in [0.05, 0.1) is 23.9 Å². The molecule has 2 unspecified atom stereocenters. The second-order valence-electron chi connectivity index (χ2n) is 5.51. The van der Waals surface area contributed by atoms with E-state index in [1.54, 1.807) is 7.11 Å². The van der Waals surface area contributed by atoms with Gasteiger partial charge in [0.1, 0.15) is 11.9 Å². The van der Waals surface area contributed by atoms with Crippen molar-refractivity contribution in [2.24, 2.45) is 0 Å². The fraction of sp³-hybridized carbons (Fsp3) is 0.294. The third kappa shape index (κ3) is 2.04. The molecule has 2 aliphatic rings. The molecule has 0 saturated carbocycles. The molecule has 0 spiro atoms. The molecule has 2 aromatic carbocycles. The van der Waals surface area contributed by atoms with Crippen molar-refractivity contribution in [1.82, 2.24) is 0 Å². The van der Waals surface area contributed by atoms with Gasteiger partial charge in [0.2, 0.25) is 0 Å². The molecule has 1 heterocycles. The van der Waals surface area contributed by atoms with Crippen LogP contribution in [-0.2, 0) is 6.42 Å². The molecular formula is C17H16ClNO2. The molecule has 3 nitrogen and oxygen atoms in total. The van der Waals surface area contributed by atoms with Crippen molar-refractivity contribution in [1.29, 1.82) is 0 Å². The summed E-state index contributed by atoms with van der Waals surface area (Å²) in [6.07, 6.45) is 2.07. The zero-order valence-corrected chi connectivity index (χ0v) is 12.5. The van der Waals surface area contributed by atoms with Gasteiger partial charge in [-0.05, 0) is 48.2 Å². The molecular weight excluding hydrogens is 286 g/mol. The molecule has 0 fully saturated rings. The maximum absolute atomic E-state index is 6.26. The minimum Gasteiger partial charge on any atom is -0.497 e. The third-order valence-electron chi connectivity index (χ3n) is 4.30. The standard InChI is InChI=1S/C17H16ClNO2/c1-20-11-6-7-12-10(9-11)5-8-15-16(12)21-17-13(18)3-2-4-14(17)19-15/h2-4,6-7,9,15-16,19H,5,8H2,1H3. The zero-order valence-electron chi connectivity index (χ0n) is 11.7. The summed E-state index contributed by atoms with van der Waals surface area (Å²) >= 11 is 6.26. The van der Waals surface area contributed by atoms with E-state index < -0.39 is 0 Å². The molecule has 1 N–H and O–H groups in total. The summed E-state index contributed by atoms with van der Waals surface area (Å²) in [4.78, 5) is 0. The number of anilines is 1. The Bertz CT molecular complexity index is 701. The van der Waals surface area contributed by atoms with Crippen molar-refractivity contribution >= 4 is 17.3 Å². The first-order valence-electron chi connectivity index (χ1n) is 7.15. The van der Waals surface area contributed by atoms with Gasteiger partial charge < -0.3 is 14.8 Å². The molecule has 4 rings (SSSR count). The number of hydrogen-bond donors (Lipinski definition) is 1. The molecule has 21 heavy (non-hydrogen) atoms. The number of aryl methyl sites for hydroxylation is 1. The van der Waals surface area contributed by atoms with Crippen molar-refractivity contribution < 1.29 is 9.47 Å². The topological polar surface area (TPSA) is 30.5 Å². The Morgan fingerprint density at radius 1 is 1.29 bits per heavy atom. The largest absolute Gasteiger partial charge is 0.497 e. The predicted octanol–water partition coefficient (Wildman–Crippen LogP) is 4.21. The number of benzene rings is 2. The van der Waals surface area contributed by atoms with Gasteiger partial charge in [-0.1, -0.05) is 23.7 Å². The maximum Gasteiger partial charge on any atom is 0.162 e. The van der Waals surface area contributed by atoms with Crippen LogP contribution in [0.3, 0.4) is 0 Å². The fourth-order valence-electron chi connectivity index (χ4n) is 3.24. The number of para-hydroxylation sites is 1. The van der Waals surface area contributed by atoms with Gasteiger partial charge in [0.15, 0.2) is 5.75 Å². The van der Waals surface area contributed by atoms with Crippen LogP contribution < -0.4 is 14.8 Å². The minimum absolute atomic E-state index is 0.00653. The highest BCUT2D eigenvalue weighted by molar-refractivity contribution is 6.32. The normalized spacial score (nSPS) is 22.2. The van der Waals surface area contributed by atoms with Crippen molar-refractivity contribution in [3.63, 3.8) is 0 Å². The number of ether oxygens (including phenoxy) is 2. The van der Waals surface area contributed by atoms with Gasteiger partial charge in [-0.3, -0.25) is 0 Å². The first-order chi connectivity index (χ1) is 10.3. The van der Waals surface area contributed by atoms with Crippen LogP contribution in [0.2, 0.25) is 5.02 Å². The van der Waals surface area contributed by atoms with Crippen molar-refractivity contribution in [2.75, 3.05) is 12.4 Å². The number of hydrogen-bond acceptors (Lipinski definition) is 3. The van der Waals surface area contributed by atoms with Crippen LogP contribution in [0.15, 0.2) is 36.4 Å². The maximum atomic E-state index is 6.26. The van der Waals surface area contributed by atoms with E-state index in [-0.39, 0.29) is 12.1 Å². The summed E-state index contributed by atoms with van der Waals surface area (Å²) in [6.45, 7) is 0. The Hall–Kier alpha value is -1.87. The van der Waals surface area contributed by atoms with E-state index in [2.05, 4.69) is 17.4 Å². The van der Waals surface area contributed by atoms with Crippen molar-refractivity contribution in [3.05, 3.63) is 52.5 Å². The van der Waals surface area contributed by atoms with Crippen LogP contribution in [-0.4, -0.2) is 13.2 Å². The first kappa shape index (κ1) is 12.8. The lowest BCUT2D eigenvalue weighted by molar-refractivity contribution is 0.158. The summed E-state index contributed by atoms with van der Waals surface area (Å²) in [5.41, 5.74) is 3.51. The Balaban J connectivity index is 1.76. The highest BCUT2D eigenvalue weighted by Crippen LogP contribution is 2.45. The second kappa shape index (κ2) is 4.85. The monoisotopic (exact) mass is 301 g/mol. The molecule has 0 aromatic heterocycles. The van der Waals surface area contributed by atoms with Gasteiger partial charge in [0.25, 0.3) is 0 Å². The SMILES string of the molecule is COc1ccc2c(c1)CCC1Nc3cccc(Cl)c3OC21. The number of methoxy groups -OCH3 is 1. The summed E-state index contributed by atoms with van der Waals surface area (Å²) < 4.78 is 11.5. The highest BCUT2D eigenvalue weighted by atomic mass is 35.5. The van der Waals surface area contributed by atoms with Gasteiger partial charge in [-0.2, -0.15) is 0 Å². The van der Waals surface area contributed by atoms with Crippen LogP contribution in [0.5, 0.6) is 11.5 Å². The molecule has 1 aliphatic heterocycles. The summed E-state index contributed by atoms with van der Waals surface area (Å²) in [5.74, 6) is 1.65. The van der Waals surface area contributed by atoms with Gasteiger partial charge in [0, 0.05) is 0 Å². The molecule has 0 amide bonds. The summed E-state index contributed by atoms with van der Waals surface area (Å²) in [7, 11) is 1.70. The Morgan fingerprint density at radius 3 is 3.05 bits per heavy atom. The average Bonchev–Trinajstić information content (AvgIpc) is 2.53. The molecule has 108 valence electrons. The first-order valence-corrected chi connectivity index (χ1v) is 7.52. The van der Waals surface area contributed by atoms with Gasteiger partial charge in [-0.25, -0.2) is 0 Å². The van der Waals surface area contributed by atoms with Crippen LogP contribution in [0.4, 0.5) is 5.69 Å². The molecule has 0 bridgehead atoms. The van der Waals surface area contributed by atoms with Crippen molar-refractivity contribution in [2.45, 2.75) is 25.0 Å². The van der Waals surface area contributed by atoms with E-state index in [1.807, 2.05) is 24.3 Å². The van der Waals surface area contributed by atoms with Gasteiger partial charge >= 0.3 is 0 Å². The Labute approximate surface area is 128 Å². The van der Waals surface area contributed by atoms with Crippen LogP contribution >= 0.6 is 11.6 Å². The van der Waals surface area contributed by atoms with Crippen LogP contribution in [0, 0.1) is 0 Å². The molecule has 2 aromatic rings. The number of rotatable bonds is 1. The van der Waals surface area contributed by atoms with E-state index >= 15 is 0 Å². The zero-order chi connectivity index (χ0) is 14.4. The number of nitrogens with one attached hydrogen (secondary N) is 1. The second-order valence-corrected chi connectivity index (χ2v) is 5.92. The third-order valence-corrected chi connectivity index (χ3v) is 4.60. The summed E-state index contributed by atoms with van der Waals surface area (Å²) in [6, 6.07) is 12.3. The number of halogens is 1. The quantitative estimate of drug-likeness (QED) is 0.856. The smallest absolute Gasteiger partial charge is 0.162 e. The van der Waals surface area contributed by atoms with E-state index in [0.717, 1.165) is 30.0 Å². The lowest BCUT2D eigenvalue weighted by atomic mass is 9.84. The van der Waals surface area contributed by atoms with Gasteiger partial charge in [-0.15, -0.1) is 0 Å². The van der Waals surface area contributed by atoms with E-state index in [4.69, 9.17) is 21.1 Å². The predicted molar refractivity (Wildman–Crippen MR) is 83.5 cm³/mol. The van der Waals surface area contributed by atoms with Crippen LogP contribution in [0.25, 0.3) is 0 Å². The molecule has 0 saturated heterocycles. The molecule has 0 radical (unpaired) electrons. The fourth-order valence-corrected chi connectivity index (χ4v) is 3.46. The van der Waals surface area contributed by atoms with E-state index in [9.17, 15) is 0 Å². The summed E-state index contributed by atoms with van der Waals surface area (Å²) in [5, 5.41) is 4.22. The Kier molecular flexibility index (Phi) is 2.96. The molecule has 1 aliphatic carbocycles. The lowest BCUT2D eigenvalue weighted by Crippen LogP contribution is -2.38.